The molecule has 0 atom stereocenters. The summed E-state index contributed by atoms with van der Waals surface area (Å²) in [6.07, 6.45) is 0.972. The van der Waals surface area contributed by atoms with Crippen LogP contribution in [-0.2, 0) is 0 Å². The fourth-order valence-corrected chi connectivity index (χ4v) is 1.62. The Labute approximate surface area is 110 Å². The molecule has 0 fully saturated rings. The van der Waals surface area contributed by atoms with Gasteiger partial charge in [0.25, 0.3) is 5.95 Å². The van der Waals surface area contributed by atoms with Crippen LogP contribution in [0.2, 0.25) is 5.28 Å². The van der Waals surface area contributed by atoms with Gasteiger partial charge in [0, 0.05) is 6.54 Å². The maximum Gasteiger partial charge on any atom is 0.258 e. The highest BCUT2D eigenvalue weighted by atomic mass is 35.5. The number of aryl methyl sites for hydroxylation is 2. The molecule has 2 aromatic heterocycles. The van der Waals surface area contributed by atoms with Crippen LogP contribution in [0.25, 0.3) is 5.95 Å². The third-order valence-electron chi connectivity index (χ3n) is 2.19. The lowest BCUT2D eigenvalue weighted by molar-refractivity contribution is 0.761. The fraction of sp³-hybridized carbons (Fsp3) is 0.500. The van der Waals surface area contributed by atoms with Crippen molar-refractivity contribution in [2.45, 2.75) is 27.2 Å². The van der Waals surface area contributed by atoms with Gasteiger partial charge >= 0.3 is 0 Å². The number of hydrogen-bond acceptors (Lipinski definition) is 6. The number of aromatic nitrogens is 6. The highest BCUT2D eigenvalue weighted by Gasteiger charge is 2.11. The number of nitrogens with zero attached hydrogens (tertiary/aromatic N) is 6. The van der Waals surface area contributed by atoms with Gasteiger partial charge in [-0.05, 0) is 31.9 Å². The molecule has 0 saturated heterocycles. The summed E-state index contributed by atoms with van der Waals surface area (Å²) in [6.45, 7) is 6.47. The van der Waals surface area contributed by atoms with E-state index < -0.39 is 0 Å². The van der Waals surface area contributed by atoms with Gasteiger partial charge in [0.15, 0.2) is 0 Å². The number of rotatable bonds is 4. The minimum atomic E-state index is 0.131. The fourth-order valence-electron chi connectivity index (χ4n) is 1.46. The quantitative estimate of drug-likeness (QED) is 0.905. The predicted molar refractivity (Wildman–Crippen MR) is 68.0 cm³/mol. The average molecular weight is 268 g/mol. The molecule has 18 heavy (non-hydrogen) atoms. The second-order valence-corrected chi connectivity index (χ2v) is 4.11. The van der Waals surface area contributed by atoms with E-state index in [1.54, 1.807) is 4.68 Å². The lowest BCUT2D eigenvalue weighted by Crippen LogP contribution is -2.11. The van der Waals surface area contributed by atoms with E-state index in [0.29, 0.717) is 23.5 Å². The molecule has 2 aromatic rings. The minimum absolute atomic E-state index is 0.131. The molecule has 0 bridgehead atoms. The van der Waals surface area contributed by atoms with E-state index in [2.05, 4.69) is 37.3 Å². The highest BCUT2D eigenvalue weighted by Crippen LogP contribution is 2.10. The van der Waals surface area contributed by atoms with Gasteiger partial charge in [-0.3, -0.25) is 0 Å². The van der Waals surface area contributed by atoms with Crippen molar-refractivity contribution in [3.05, 3.63) is 16.9 Å². The molecular weight excluding hydrogens is 254 g/mol. The highest BCUT2D eigenvalue weighted by molar-refractivity contribution is 6.28. The zero-order valence-electron chi connectivity index (χ0n) is 10.5. The summed E-state index contributed by atoms with van der Waals surface area (Å²) < 4.78 is 1.54. The summed E-state index contributed by atoms with van der Waals surface area (Å²) >= 11 is 5.87. The molecule has 8 heteroatoms. The molecule has 96 valence electrons. The molecule has 0 aliphatic heterocycles. The molecule has 1 N–H and O–H groups in total. The third-order valence-corrected chi connectivity index (χ3v) is 2.36. The summed E-state index contributed by atoms with van der Waals surface area (Å²) in [7, 11) is 0. The molecule has 0 saturated carbocycles. The Morgan fingerprint density at radius 2 is 1.94 bits per heavy atom. The molecule has 0 unspecified atom stereocenters. The molecule has 0 amide bonds. The first-order valence-corrected chi connectivity index (χ1v) is 6.04. The Morgan fingerprint density at radius 3 is 2.56 bits per heavy atom. The van der Waals surface area contributed by atoms with Crippen LogP contribution >= 0.6 is 11.6 Å². The van der Waals surface area contributed by atoms with Crippen LogP contribution in [-0.4, -0.2) is 36.3 Å². The van der Waals surface area contributed by atoms with Gasteiger partial charge in [-0.25, -0.2) is 4.98 Å². The van der Waals surface area contributed by atoms with Crippen LogP contribution in [0.5, 0.6) is 0 Å². The van der Waals surface area contributed by atoms with Crippen LogP contribution in [0, 0.1) is 13.8 Å². The number of anilines is 1. The summed E-state index contributed by atoms with van der Waals surface area (Å²) in [4.78, 5) is 16.5. The Bertz CT molecular complexity index is 551. The molecule has 0 spiro atoms. The molecule has 2 rings (SSSR count). The van der Waals surface area contributed by atoms with Crippen molar-refractivity contribution in [3.63, 3.8) is 0 Å². The van der Waals surface area contributed by atoms with Crippen molar-refractivity contribution in [1.29, 1.82) is 0 Å². The third kappa shape index (κ3) is 2.73. The average Bonchev–Trinajstić information content (AvgIpc) is 2.65. The van der Waals surface area contributed by atoms with Crippen molar-refractivity contribution >= 4 is 17.5 Å². The van der Waals surface area contributed by atoms with Gasteiger partial charge in [-0.1, -0.05) is 6.92 Å². The van der Waals surface area contributed by atoms with Crippen molar-refractivity contribution in [1.82, 2.24) is 29.7 Å². The molecule has 7 nitrogen and oxygen atoms in total. The maximum absolute atomic E-state index is 5.87. The normalized spacial score (nSPS) is 10.7. The topological polar surface area (TPSA) is 81.4 Å². The molecule has 0 aliphatic carbocycles. The van der Waals surface area contributed by atoms with E-state index >= 15 is 0 Å². The van der Waals surface area contributed by atoms with Crippen LogP contribution in [0.4, 0.5) is 5.95 Å². The van der Waals surface area contributed by atoms with Gasteiger partial charge in [0.2, 0.25) is 11.2 Å². The van der Waals surface area contributed by atoms with E-state index in [1.807, 2.05) is 13.8 Å². The van der Waals surface area contributed by atoms with Crippen LogP contribution in [0.15, 0.2) is 0 Å². The van der Waals surface area contributed by atoms with Crippen LogP contribution in [0.3, 0.4) is 0 Å². The zero-order valence-corrected chi connectivity index (χ0v) is 11.2. The second-order valence-electron chi connectivity index (χ2n) is 3.77. The molecule has 2 heterocycles. The first kappa shape index (κ1) is 12.7. The number of hydrogen-bond donors (Lipinski definition) is 1. The first-order valence-electron chi connectivity index (χ1n) is 5.66. The monoisotopic (exact) mass is 267 g/mol. The first-order chi connectivity index (χ1) is 8.60. The molecule has 0 radical (unpaired) electrons. The summed E-state index contributed by atoms with van der Waals surface area (Å²) in [5.41, 5.74) is 0. The SMILES string of the molecule is CCCNc1nc(Cl)nc(-n2nc(C)nc2C)n1. The number of nitrogens with one attached hydrogen (secondary N) is 1. The standard InChI is InChI=1S/C10H14ClN7/c1-4-5-12-9-14-8(11)15-10(16-9)18-7(3)13-6(2)17-18/h4-5H2,1-3H3,(H,12,14,15,16). The van der Waals surface area contributed by atoms with E-state index in [1.165, 1.54) is 0 Å². The summed E-state index contributed by atoms with van der Waals surface area (Å²) in [5, 5.41) is 7.40. The van der Waals surface area contributed by atoms with Crippen molar-refractivity contribution in [2.75, 3.05) is 11.9 Å². The number of halogens is 1. The lowest BCUT2D eigenvalue weighted by atomic mass is 10.5. The van der Waals surface area contributed by atoms with E-state index in [9.17, 15) is 0 Å². The zero-order chi connectivity index (χ0) is 13.1. The van der Waals surface area contributed by atoms with E-state index in [4.69, 9.17) is 11.6 Å². The summed E-state index contributed by atoms with van der Waals surface area (Å²) in [6, 6.07) is 0. The Kier molecular flexibility index (Phi) is 3.71. The Hall–Kier alpha value is -1.76. The predicted octanol–water partition coefficient (Wildman–Crippen LogP) is 1.54. The van der Waals surface area contributed by atoms with E-state index in [0.717, 1.165) is 13.0 Å². The van der Waals surface area contributed by atoms with Crippen LogP contribution < -0.4 is 5.32 Å². The minimum Gasteiger partial charge on any atom is -0.354 e. The Morgan fingerprint density at radius 1 is 1.17 bits per heavy atom. The van der Waals surface area contributed by atoms with Gasteiger partial charge in [0.05, 0.1) is 0 Å². The van der Waals surface area contributed by atoms with Gasteiger partial charge in [0.1, 0.15) is 11.6 Å². The molecule has 0 aliphatic rings. The van der Waals surface area contributed by atoms with Crippen molar-refractivity contribution < 1.29 is 0 Å². The van der Waals surface area contributed by atoms with Gasteiger partial charge in [-0.2, -0.15) is 19.6 Å². The lowest BCUT2D eigenvalue weighted by Gasteiger charge is -2.05. The summed E-state index contributed by atoms with van der Waals surface area (Å²) in [5.74, 6) is 2.18. The second kappa shape index (κ2) is 5.26. The van der Waals surface area contributed by atoms with Crippen LogP contribution in [0.1, 0.15) is 25.0 Å². The van der Waals surface area contributed by atoms with Gasteiger partial charge < -0.3 is 5.32 Å². The Balaban J connectivity index is 2.38. The largest absolute Gasteiger partial charge is 0.354 e. The molecular formula is C10H14ClN7. The van der Waals surface area contributed by atoms with Crippen molar-refractivity contribution in [2.24, 2.45) is 0 Å². The van der Waals surface area contributed by atoms with Crippen molar-refractivity contribution in [3.8, 4) is 5.95 Å². The van der Waals surface area contributed by atoms with Gasteiger partial charge in [-0.15, -0.1) is 5.10 Å². The maximum atomic E-state index is 5.87. The molecule has 0 aromatic carbocycles. The smallest absolute Gasteiger partial charge is 0.258 e. The van der Waals surface area contributed by atoms with E-state index in [-0.39, 0.29) is 5.28 Å².